The quantitative estimate of drug-likeness (QED) is 0.770. The molecule has 5 heteroatoms. The number of anilines is 1. The Morgan fingerprint density at radius 2 is 2.11 bits per heavy atom. The summed E-state index contributed by atoms with van der Waals surface area (Å²) in [6, 6.07) is 8.62. The van der Waals surface area contributed by atoms with Gasteiger partial charge in [0.05, 0.1) is 0 Å². The van der Waals surface area contributed by atoms with Gasteiger partial charge in [-0.2, -0.15) is 5.10 Å². The van der Waals surface area contributed by atoms with E-state index in [1.165, 1.54) is 0 Å². The maximum absolute atomic E-state index is 11.6. The Bertz CT molecular complexity index is 531. The third-order valence-corrected chi connectivity index (χ3v) is 2.55. The Morgan fingerprint density at radius 3 is 2.72 bits per heavy atom. The summed E-state index contributed by atoms with van der Waals surface area (Å²) in [5.74, 6) is 0.702. The number of hydrogen-bond acceptors (Lipinski definition) is 3. The fraction of sp³-hybridized carbons (Fsp3) is 0.231. The first-order valence-corrected chi connectivity index (χ1v) is 5.73. The Kier molecular flexibility index (Phi) is 3.62. The number of rotatable bonds is 4. The number of phenols is 1. The van der Waals surface area contributed by atoms with Gasteiger partial charge in [-0.05, 0) is 31.0 Å². The fourth-order valence-corrected chi connectivity index (χ4v) is 1.61. The number of H-pyrrole nitrogens is 1. The van der Waals surface area contributed by atoms with Crippen LogP contribution in [0.25, 0.3) is 0 Å². The van der Waals surface area contributed by atoms with Gasteiger partial charge in [0.25, 0.3) is 0 Å². The van der Waals surface area contributed by atoms with Gasteiger partial charge < -0.3 is 10.4 Å². The molecule has 1 aromatic carbocycles. The van der Waals surface area contributed by atoms with Crippen molar-refractivity contribution in [1.82, 2.24) is 10.2 Å². The average Bonchev–Trinajstić information content (AvgIpc) is 2.74. The van der Waals surface area contributed by atoms with Crippen LogP contribution in [0.4, 0.5) is 5.82 Å². The first-order chi connectivity index (χ1) is 8.63. The molecule has 0 aliphatic heterocycles. The second kappa shape index (κ2) is 5.35. The van der Waals surface area contributed by atoms with Crippen molar-refractivity contribution < 1.29 is 9.90 Å². The summed E-state index contributed by atoms with van der Waals surface area (Å²) in [4.78, 5) is 11.6. The maximum Gasteiger partial charge on any atom is 0.225 e. The molecular formula is C13H15N3O2. The lowest BCUT2D eigenvalue weighted by Gasteiger charge is -2.02. The highest BCUT2D eigenvalue weighted by Crippen LogP contribution is 2.11. The molecule has 5 nitrogen and oxygen atoms in total. The molecule has 1 heterocycles. The van der Waals surface area contributed by atoms with Crippen molar-refractivity contribution in [2.45, 2.75) is 19.8 Å². The van der Waals surface area contributed by atoms with Crippen molar-refractivity contribution in [3.8, 4) is 5.75 Å². The summed E-state index contributed by atoms with van der Waals surface area (Å²) in [5, 5.41) is 18.5. The maximum atomic E-state index is 11.6. The van der Waals surface area contributed by atoms with Crippen LogP contribution >= 0.6 is 0 Å². The summed E-state index contributed by atoms with van der Waals surface area (Å²) in [5.41, 5.74) is 1.92. The van der Waals surface area contributed by atoms with Crippen LogP contribution < -0.4 is 5.32 Å². The minimum atomic E-state index is -0.0745. The Labute approximate surface area is 105 Å². The standard InChI is InChI=1S/C13H15N3O2/c1-9-8-12(16-15-9)14-13(18)7-4-10-2-5-11(17)6-3-10/h2-3,5-6,8,17H,4,7H2,1H3,(H2,14,15,16,18). The lowest BCUT2D eigenvalue weighted by molar-refractivity contribution is -0.116. The minimum absolute atomic E-state index is 0.0745. The summed E-state index contributed by atoms with van der Waals surface area (Å²) in [6.07, 6.45) is 1.02. The fourth-order valence-electron chi connectivity index (χ4n) is 1.61. The van der Waals surface area contributed by atoms with E-state index in [1.807, 2.05) is 6.92 Å². The molecule has 0 bridgehead atoms. The number of nitrogens with zero attached hydrogens (tertiary/aromatic N) is 1. The van der Waals surface area contributed by atoms with Gasteiger partial charge in [-0.3, -0.25) is 9.89 Å². The van der Waals surface area contributed by atoms with Crippen LogP contribution in [0.3, 0.4) is 0 Å². The predicted octanol–water partition coefficient (Wildman–Crippen LogP) is 2.00. The van der Waals surface area contributed by atoms with E-state index >= 15 is 0 Å². The van der Waals surface area contributed by atoms with E-state index < -0.39 is 0 Å². The van der Waals surface area contributed by atoms with E-state index in [4.69, 9.17) is 5.11 Å². The number of benzene rings is 1. The SMILES string of the molecule is Cc1cc(NC(=O)CCc2ccc(O)cc2)n[nH]1. The number of hydrogen-bond donors (Lipinski definition) is 3. The van der Waals surface area contributed by atoms with Crippen molar-refractivity contribution in [2.24, 2.45) is 0 Å². The van der Waals surface area contributed by atoms with Crippen molar-refractivity contribution >= 4 is 11.7 Å². The van der Waals surface area contributed by atoms with Crippen molar-refractivity contribution in [2.75, 3.05) is 5.32 Å². The monoisotopic (exact) mass is 245 g/mol. The second-order valence-electron chi connectivity index (χ2n) is 4.15. The van der Waals surface area contributed by atoms with E-state index in [1.54, 1.807) is 30.3 Å². The van der Waals surface area contributed by atoms with Gasteiger partial charge in [-0.25, -0.2) is 0 Å². The lowest BCUT2D eigenvalue weighted by Crippen LogP contribution is -2.12. The van der Waals surface area contributed by atoms with Gasteiger partial charge in [0.1, 0.15) is 5.75 Å². The summed E-state index contributed by atoms with van der Waals surface area (Å²) in [6.45, 7) is 1.87. The molecular weight excluding hydrogens is 230 g/mol. The zero-order valence-electron chi connectivity index (χ0n) is 10.1. The van der Waals surface area contributed by atoms with Crippen LogP contribution in [0.15, 0.2) is 30.3 Å². The molecule has 3 N–H and O–H groups in total. The molecule has 1 aromatic heterocycles. The molecule has 0 aliphatic carbocycles. The lowest BCUT2D eigenvalue weighted by atomic mass is 10.1. The highest BCUT2D eigenvalue weighted by atomic mass is 16.3. The molecule has 0 radical (unpaired) electrons. The number of phenolic OH excluding ortho intramolecular Hbond substituents is 1. The highest BCUT2D eigenvalue weighted by Gasteiger charge is 2.05. The molecule has 0 unspecified atom stereocenters. The predicted molar refractivity (Wildman–Crippen MR) is 68.4 cm³/mol. The van der Waals surface area contributed by atoms with Crippen LogP contribution in [0, 0.1) is 6.92 Å². The average molecular weight is 245 g/mol. The third kappa shape index (κ3) is 3.35. The van der Waals surface area contributed by atoms with E-state index in [9.17, 15) is 4.79 Å². The number of aryl methyl sites for hydroxylation is 2. The molecule has 18 heavy (non-hydrogen) atoms. The molecule has 0 spiro atoms. The van der Waals surface area contributed by atoms with E-state index in [0.717, 1.165) is 11.3 Å². The summed E-state index contributed by atoms with van der Waals surface area (Å²) < 4.78 is 0. The van der Waals surface area contributed by atoms with E-state index in [2.05, 4.69) is 15.5 Å². The molecule has 0 aliphatic rings. The van der Waals surface area contributed by atoms with Gasteiger partial charge >= 0.3 is 0 Å². The summed E-state index contributed by atoms with van der Waals surface area (Å²) >= 11 is 0. The van der Waals surface area contributed by atoms with Crippen LogP contribution in [0.2, 0.25) is 0 Å². The molecule has 94 valence electrons. The Balaban J connectivity index is 1.83. The topological polar surface area (TPSA) is 78.0 Å². The van der Waals surface area contributed by atoms with Gasteiger partial charge in [0.15, 0.2) is 5.82 Å². The largest absolute Gasteiger partial charge is 0.508 e. The number of nitrogens with one attached hydrogen (secondary N) is 2. The van der Waals surface area contributed by atoms with Crippen LogP contribution in [-0.2, 0) is 11.2 Å². The number of amides is 1. The number of aromatic hydroxyl groups is 1. The molecule has 0 saturated heterocycles. The molecule has 1 amide bonds. The molecule has 0 saturated carbocycles. The van der Waals surface area contributed by atoms with Crippen LogP contribution in [-0.4, -0.2) is 21.2 Å². The second-order valence-corrected chi connectivity index (χ2v) is 4.15. The van der Waals surface area contributed by atoms with Gasteiger partial charge in [0.2, 0.25) is 5.91 Å². The summed E-state index contributed by atoms with van der Waals surface area (Å²) in [7, 11) is 0. The van der Waals surface area contributed by atoms with E-state index in [0.29, 0.717) is 18.7 Å². The van der Waals surface area contributed by atoms with Gasteiger partial charge in [-0.15, -0.1) is 0 Å². The third-order valence-electron chi connectivity index (χ3n) is 2.55. The number of aromatic nitrogens is 2. The highest BCUT2D eigenvalue weighted by molar-refractivity contribution is 5.89. The minimum Gasteiger partial charge on any atom is -0.508 e. The molecule has 0 atom stereocenters. The first-order valence-electron chi connectivity index (χ1n) is 5.73. The smallest absolute Gasteiger partial charge is 0.225 e. The van der Waals surface area contributed by atoms with Crippen molar-refractivity contribution in [1.29, 1.82) is 0 Å². The van der Waals surface area contributed by atoms with Gasteiger partial charge in [-0.1, -0.05) is 12.1 Å². The molecule has 2 rings (SSSR count). The first kappa shape index (κ1) is 12.2. The Hall–Kier alpha value is -2.30. The van der Waals surface area contributed by atoms with Crippen LogP contribution in [0.5, 0.6) is 5.75 Å². The van der Waals surface area contributed by atoms with Crippen molar-refractivity contribution in [3.63, 3.8) is 0 Å². The number of carbonyl (C=O) groups is 1. The zero-order valence-corrected chi connectivity index (χ0v) is 10.1. The molecule has 0 fully saturated rings. The van der Waals surface area contributed by atoms with E-state index in [-0.39, 0.29) is 11.7 Å². The number of aromatic amines is 1. The Morgan fingerprint density at radius 1 is 1.39 bits per heavy atom. The zero-order chi connectivity index (χ0) is 13.0. The number of carbonyl (C=O) groups excluding carboxylic acids is 1. The normalized spacial score (nSPS) is 10.3. The van der Waals surface area contributed by atoms with Gasteiger partial charge in [0, 0.05) is 18.2 Å². The molecule has 2 aromatic rings. The van der Waals surface area contributed by atoms with Crippen LogP contribution in [0.1, 0.15) is 17.7 Å². The van der Waals surface area contributed by atoms with Crippen molar-refractivity contribution in [3.05, 3.63) is 41.6 Å².